The Morgan fingerprint density at radius 2 is 2.20 bits per heavy atom. The highest BCUT2D eigenvalue weighted by atomic mass is 19.1. The number of aromatic nitrogens is 2. The highest BCUT2D eigenvalue weighted by Gasteiger charge is 2.23. The van der Waals surface area contributed by atoms with Crippen LogP contribution >= 0.6 is 0 Å². The fourth-order valence-corrected chi connectivity index (χ4v) is 2.91. The Labute approximate surface area is 146 Å². The largest absolute Gasteiger partial charge is 0.491 e. The molecule has 136 valence electrons. The number of ether oxygens (including phenoxy) is 2. The predicted octanol–water partition coefficient (Wildman–Crippen LogP) is 1.47. The molecule has 2 aromatic rings. The Hall–Kier alpha value is -1.96. The second kappa shape index (κ2) is 8.42. The molecule has 0 bridgehead atoms. The number of aryl methyl sites for hydroxylation is 1. The van der Waals surface area contributed by atoms with Crippen LogP contribution < -0.4 is 4.74 Å². The van der Waals surface area contributed by atoms with E-state index in [1.54, 1.807) is 12.1 Å². The lowest BCUT2D eigenvalue weighted by molar-refractivity contribution is -0.0517. The first-order valence-corrected chi connectivity index (χ1v) is 8.48. The SMILES string of the molecule is Cc1cnn(C[C@H]2CN(C[C@@H](O)COc3ccc(F)cc3)CCO2)c1. The highest BCUT2D eigenvalue weighted by molar-refractivity contribution is 5.22. The number of hydrogen-bond acceptors (Lipinski definition) is 5. The highest BCUT2D eigenvalue weighted by Crippen LogP contribution is 2.12. The third-order valence-electron chi connectivity index (χ3n) is 4.10. The Balaban J connectivity index is 1.42. The van der Waals surface area contributed by atoms with Crippen molar-refractivity contribution < 1.29 is 19.0 Å². The van der Waals surface area contributed by atoms with Gasteiger partial charge in [-0.15, -0.1) is 0 Å². The monoisotopic (exact) mass is 349 g/mol. The molecule has 0 aliphatic carbocycles. The van der Waals surface area contributed by atoms with E-state index < -0.39 is 6.10 Å². The maximum atomic E-state index is 12.9. The standard InChI is InChI=1S/C18H24FN3O3/c1-14-8-20-22(9-14)12-18-11-21(6-7-24-18)10-16(23)13-25-17-4-2-15(19)3-5-17/h2-5,8-9,16,18,23H,6-7,10-13H2,1H3/t16-,18-/m1/s1. The number of rotatable bonds is 7. The van der Waals surface area contributed by atoms with E-state index in [9.17, 15) is 9.50 Å². The van der Waals surface area contributed by atoms with Gasteiger partial charge in [0.2, 0.25) is 0 Å². The van der Waals surface area contributed by atoms with Crippen LogP contribution in [0.3, 0.4) is 0 Å². The minimum Gasteiger partial charge on any atom is -0.491 e. The maximum Gasteiger partial charge on any atom is 0.123 e. The van der Waals surface area contributed by atoms with Crippen LogP contribution in [0.25, 0.3) is 0 Å². The fourth-order valence-electron chi connectivity index (χ4n) is 2.91. The zero-order chi connectivity index (χ0) is 17.6. The number of aliphatic hydroxyl groups is 1. The molecule has 1 aromatic carbocycles. The van der Waals surface area contributed by atoms with Crippen LogP contribution in [0.1, 0.15) is 5.56 Å². The van der Waals surface area contributed by atoms with Gasteiger partial charge in [0.1, 0.15) is 24.3 Å². The first-order valence-electron chi connectivity index (χ1n) is 8.48. The van der Waals surface area contributed by atoms with E-state index in [4.69, 9.17) is 9.47 Å². The molecule has 1 aliphatic rings. The van der Waals surface area contributed by atoms with E-state index in [0.717, 1.165) is 18.7 Å². The molecule has 6 nitrogen and oxygen atoms in total. The smallest absolute Gasteiger partial charge is 0.123 e. The third-order valence-corrected chi connectivity index (χ3v) is 4.10. The number of hydrogen-bond donors (Lipinski definition) is 1. The van der Waals surface area contributed by atoms with Crippen LogP contribution in [0.4, 0.5) is 4.39 Å². The Morgan fingerprint density at radius 1 is 1.40 bits per heavy atom. The molecule has 0 saturated carbocycles. The van der Waals surface area contributed by atoms with Crippen molar-refractivity contribution in [3.63, 3.8) is 0 Å². The summed E-state index contributed by atoms with van der Waals surface area (Å²) >= 11 is 0. The molecule has 2 heterocycles. The summed E-state index contributed by atoms with van der Waals surface area (Å²) in [6.07, 6.45) is 3.26. The minimum atomic E-state index is -0.615. The Bertz CT molecular complexity index is 662. The van der Waals surface area contributed by atoms with Gasteiger partial charge >= 0.3 is 0 Å². The van der Waals surface area contributed by atoms with E-state index in [-0.39, 0.29) is 18.5 Å². The average molecular weight is 349 g/mol. The van der Waals surface area contributed by atoms with Crippen molar-refractivity contribution in [2.75, 3.05) is 32.8 Å². The lowest BCUT2D eigenvalue weighted by atomic mass is 10.2. The molecule has 0 unspecified atom stereocenters. The van der Waals surface area contributed by atoms with Crippen LogP contribution in [0.5, 0.6) is 5.75 Å². The van der Waals surface area contributed by atoms with Gasteiger partial charge in [0, 0.05) is 25.8 Å². The van der Waals surface area contributed by atoms with Crippen LogP contribution in [0, 0.1) is 12.7 Å². The first-order chi connectivity index (χ1) is 12.1. The summed E-state index contributed by atoms with van der Waals surface area (Å²) in [5.41, 5.74) is 1.13. The van der Waals surface area contributed by atoms with Gasteiger partial charge < -0.3 is 14.6 Å². The Morgan fingerprint density at radius 3 is 2.92 bits per heavy atom. The van der Waals surface area contributed by atoms with Crippen molar-refractivity contribution in [3.05, 3.63) is 48.0 Å². The molecule has 1 fully saturated rings. The van der Waals surface area contributed by atoms with Gasteiger partial charge in [0.25, 0.3) is 0 Å². The van der Waals surface area contributed by atoms with Crippen molar-refractivity contribution in [2.45, 2.75) is 25.7 Å². The molecule has 2 atom stereocenters. The van der Waals surface area contributed by atoms with Gasteiger partial charge in [-0.1, -0.05) is 0 Å². The van der Waals surface area contributed by atoms with Crippen LogP contribution in [-0.4, -0.2) is 64.8 Å². The van der Waals surface area contributed by atoms with Gasteiger partial charge in [-0.2, -0.15) is 5.10 Å². The normalized spacial score (nSPS) is 19.7. The molecule has 0 amide bonds. The predicted molar refractivity (Wildman–Crippen MR) is 91.0 cm³/mol. The van der Waals surface area contributed by atoms with Crippen LogP contribution in [0.15, 0.2) is 36.7 Å². The quantitative estimate of drug-likeness (QED) is 0.820. The van der Waals surface area contributed by atoms with Gasteiger partial charge in [-0.05, 0) is 36.8 Å². The summed E-state index contributed by atoms with van der Waals surface area (Å²) in [6.45, 7) is 5.55. The zero-order valence-corrected chi connectivity index (χ0v) is 14.3. The number of β-amino-alcohol motifs (C(OH)–C–C–N with tert-alkyl or cyclic N) is 1. The van der Waals surface area contributed by atoms with E-state index >= 15 is 0 Å². The molecule has 1 saturated heterocycles. The summed E-state index contributed by atoms with van der Waals surface area (Å²) < 4.78 is 26.0. The van der Waals surface area contributed by atoms with Crippen molar-refractivity contribution in [1.29, 1.82) is 0 Å². The molecule has 1 aliphatic heterocycles. The maximum absolute atomic E-state index is 12.9. The lowest BCUT2D eigenvalue weighted by Gasteiger charge is -2.33. The molecule has 25 heavy (non-hydrogen) atoms. The number of halogens is 1. The number of morpholine rings is 1. The molecule has 1 N–H and O–H groups in total. The molecule has 3 rings (SSSR count). The summed E-state index contributed by atoms with van der Waals surface area (Å²) in [7, 11) is 0. The topological polar surface area (TPSA) is 59.8 Å². The average Bonchev–Trinajstić information content (AvgIpc) is 2.99. The number of nitrogens with zero attached hydrogens (tertiary/aromatic N) is 3. The Kier molecular flexibility index (Phi) is 6.01. The molecule has 7 heteroatoms. The second-order valence-electron chi connectivity index (χ2n) is 6.41. The molecular weight excluding hydrogens is 325 g/mol. The van der Waals surface area contributed by atoms with Crippen molar-refractivity contribution in [1.82, 2.24) is 14.7 Å². The molecule has 1 aromatic heterocycles. The number of aliphatic hydroxyl groups excluding tert-OH is 1. The van der Waals surface area contributed by atoms with Gasteiger partial charge in [0.05, 0.1) is 25.5 Å². The van der Waals surface area contributed by atoms with Crippen molar-refractivity contribution in [3.8, 4) is 5.75 Å². The van der Waals surface area contributed by atoms with Crippen molar-refractivity contribution in [2.24, 2.45) is 0 Å². The van der Waals surface area contributed by atoms with E-state index in [1.165, 1.54) is 12.1 Å². The molecule has 0 spiro atoms. The van der Waals surface area contributed by atoms with Gasteiger partial charge in [0.15, 0.2) is 0 Å². The van der Waals surface area contributed by atoms with E-state index in [0.29, 0.717) is 25.4 Å². The first kappa shape index (κ1) is 17.8. The molecular formula is C18H24FN3O3. The lowest BCUT2D eigenvalue weighted by Crippen LogP contribution is -2.47. The van der Waals surface area contributed by atoms with Crippen LogP contribution in [-0.2, 0) is 11.3 Å². The summed E-state index contributed by atoms with van der Waals surface area (Å²) in [6, 6.07) is 5.79. The zero-order valence-electron chi connectivity index (χ0n) is 14.3. The summed E-state index contributed by atoms with van der Waals surface area (Å²) in [5, 5.41) is 14.5. The summed E-state index contributed by atoms with van der Waals surface area (Å²) in [5.74, 6) is 0.244. The third kappa shape index (κ3) is 5.52. The minimum absolute atomic E-state index is 0.0540. The van der Waals surface area contributed by atoms with Crippen LogP contribution in [0.2, 0.25) is 0 Å². The van der Waals surface area contributed by atoms with Crippen molar-refractivity contribution >= 4 is 0 Å². The van der Waals surface area contributed by atoms with Gasteiger partial charge in [-0.3, -0.25) is 9.58 Å². The van der Waals surface area contributed by atoms with Gasteiger partial charge in [-0.25, -0.2) is 4.39 Å². The van der Waals surface area contributed by atoms with E-state index in [1.807, 2.05) is 24.0 Å². The second-order valence-corrected chi connectivity index (χ2v) is 6.41. The van der Waals surface area contributed by atoms with E-state index in [2.05, 4.69) is 10.00 Å². The number of benzene rings is 1. The summed E-state index contributed by atoms with van der Waals surface area (Å²) in [4.78, 5) is 2.17. The molecule has 0 radical (unpaired) electrons. The fraction of sp³-hybridized carbons (Fsp3) is 0.500.